The molecule has 1 saturated carbocycles. The molecule has 1 heterocycles. The van der Waals surface area contributed by atoms with Crippen molar-refractivity contribution >= 4 is 32.7 Å². The second-order valence-corrected chi connectivity index (χ2v) is 4.91. The smallest absolute Gasteiger partial charge is 0.133 e. The predicted octanol–water partition coefficient (Wildman–Crippen LogP) is 3.46. The molecule has 2 nitrogen and oxygen atoms in total. The first-order valence-corrected chi connectivity index (χ1v) is 5.71. The molecule has 1 aliphatic rings. The number of aromatic nitrogens is 1. The van der Waals surface area contributed by atoms with Gasteiger partial charge in [-0.15, -0.1) is 0 Å². The van der Waals surface area contributed by atoms with Gasteiger partial charge in [0.2, 0.25) is 0 Å². The van der Waals surface area contributed by atoms with Gasteiger partial charge >= 0.3 is 0 Å². The quantitative estimate of drug-likeness (QED) is 0.844. The van der Waals surface area contributed by atoms with E-state index in [2.05, 4.69) is 15.9 Å². The molecule has 0 bridgehead atoms. The van der Waals surface area contributed by atoms with E-state index in [0.717, 1.165) is 22.8 Å². The number of nitrogens with two attached hydrogens (primary N) is 1. The molecule has 0 unspecified atom stereocenters. The molecule has 0 spiro atoms. The van der Waals surface area contributed by atoms with Crippen LogP contribution in [0.25, 0.3) is 10.9 Å². The standard InChI is InChI=1S/C11H10BrFN2/c12-6-3-9(13)8-5-11(14)15(7-1-2-7)10(8)4-6/h3-5,7H,1-2,14H2. The normalized spacial score (nSPS) is 16.1. The highest BCUT2D eigenvalue weighted by atomic mass is 79.9. The van der Waals surface area contributed by atoms with Crippen LogP contribution in [-0.2, 0) is 0 Å². The van der Waals surface area contributed by atoms with E-state index >= 15 is 0 Å². The summed E-state index contributed by atoms with van der Waals surface area (Å²) in [7, 11) is 0. The van der Waals surface area contributed by atoms with Gasteiger partial charge in [0, 0.05) is 15.9 Å². The fraction of sp³-hybridized carbons (Fsp3) is 0.273. The summed E-state index contributed by atoms with van der Waals surface area (Å²) in [5.41, 5.74) is 6.78. The van der Waals surface area contributed by atoms with E-state index in [1.54, 1.807) is 6.07 Å². The van der Waals surface area contributed by atoms with Gasteiger partial charge in [-0.25, -0.2) is 4.39 Å². The van der Waals surface area contributed by atoms with Crippen molar-refractivity contribution in [3.05, 3.63) is 28.5 Å². The minimum atomic E-state index is -0.217. The van der Waals surface area contributed by atoms with Crippen molar-refractivity contribution < 1.29 is 4.39 Å². The number of hydrogen-bond acceptors (Lipinski definition) is 1. The molecule has 4 heteroatoms. The summed E-state index contributed by atoms with van der Waals surface area (Å²) in [6, 6.07) is 5.58. The highest BCUT2D eigenvalue weighted by molar-refractivity contribution is 9.10. The number of nitrogen functional groups attached to an aromatic ring is 1. The Bertz CT molecular complexity index is 543. The first-order valence-electron chi connectivity index (χ1n) is 4.92. The van der Waals surface area contributed by atoms with Gasteiger partial charge in [-0.05, 0) is 31.0 Å². The third-order valence-electron chi connectivity index (χ3n) is 2.81. The van der Waals surface area contributed by atoms with Crippen molar-refractivity contribution in [2.24, 2.45) is 0 Å². The third kappa shape index (κ3) is 1.35. The summed E-state index contributed by atoms with van der Waals surface area (Å²) in [4.78, 5) is 0. The molecule has 78 valence electrons. The van der Waals surface area contributed by atoms with Gasteiger partial charge in [0.25, 0.3) is 0 Å². The van der Waals surface area contributed by atoms with E-state index in [1.165, 1.54) is 6.07 Å². The monoisotopic (exact) mass is 268 g/mol. The number of benzene rings is 1. The van der Waals surface area contributed by atoms with Crippen LogP contribution in [0.4, 0.5) is 10.2 Å². The third-order valence-corrected chi connectivity index (χ3v) is 3.27. The maximum absolute atomic E-state index is 13.6. The van der Waals surface area contributed by atoms with Gasteiger partial charge < -0.3 is 10.3 Å². The topological polar surface area (TPSA) is 30.9 Å². The van der Waals surface area contributed by atoms with E-state index in [9.17, 15) is 4.39 Å². The van der Waals surface area contributed by atoms with Gasteiger partial charge in [-0.1, -0.05) is 15.9 Å². The van der Waals surface area contributed by atoms with E-state index in [4.69, 9.17) is 5.73 Å². The Morgan fingerprint density at radius 2 is 2.07 bits per heavy atom. The van der Waals surface area contributed by atoms with Crippen molar-refractivity contribution in [3.63, 3.8) is 0 Å². The maximum Gasteiger partial charge on any atom is 0.133 e. The molecule has 0 saturated heterocycles. The Hall–Kier alpha value is -1.03. The molecule has 3 rings (SSSR count). The maximum atomic E-state index is 13.6. The van der Waals surface area contributed by atoms with Crippen LogP contribution in [0, 0.1) is 5.82 Å². The lowest BCUT2D eigenvalue weighted by molar-refractivity contribution is 0.638. The fourth-order valence-corrected chi connectivity index (χ4v) is 2.43. The molecule has 15 heavy (non-hydrogen) atoms. The highest BCUT2D eigenvalue weighted by Gasteiger charge is 2.27. The predicted molar refractivity (Wildman–Crippen MR) is 62.3 cm³/mol. The number of rotatable bonds is 1. The Morgan fingerprint density at radius 3 is 2.73 bits per heavy atom. The lowest BCUT2D eigenvalue weighted by Crippen LogP contribution is -1.99. The highest BCUT2D eigenvalue weighted by Crippen LogP contribution is 2.41. The molecule has 1 fully saturated rings. The molecule has 0 aliphatic heterocycles. The summed E-state index contributed by atoms with van der Waals surface area (Å²) < 4.78 is 16.4. The van der Waals surface area contributed by atoms with E-state index in [1.807, 2.05) is 10.6 Å². The number of anilines is 1. The second kappa shape index (κ2) is 2.98. The number of halogens is 2. The number of hydrogen-bond donors (Lipinski definition) is 1. The minimum Gasteiger partial charge on any atom is -0.385 e. The van der Waals surface area contributed by atoms with Crippen LogP contribution in [-0.4, -0.2) is 4.57 Å². The fourth-order valence-electron chi connectivity index (χ4n) is 2.01. The Kier molecular flexibility index (Phi) is 1.83. The lowest BCUT2D eigenvalue weighted by Gasteiger charge is -2.05. The number of nitrogens with zero attached hydrogens (tertiary/aromatic N) is 1. The zero-order chi connectivity index (χ0) is 10.6. The van der Waals surface area contributed by atoms with Gasteiger partial charge in [0.15, 0.2) is 0 Å². The Morgan fingerprint density at radius 1 is 1.33 bits per heavy atom. The molecule has 0 radical (unpaired) electrons. The molecule has 2 aromatic rings. The minimum absolute atomic E-state index is 0.217. The molecular weight excluding hydrogens is 259 g/mol. The van der Waals surface area contributed by atoms with Crippen LogP contribution in [0.1, 0.15) is 18.9 Å². The zero-order valence-corrected chi connectivity index (χ0v) is 9.59. The van der Waals surface area contributed by atoms with Crippen molar-refractivity contribution in [1.29, 1.82) is 0 Å². The lowest BCUT2D eigenvalue weighted by atomic mass is 10.2. The van der Waals surface area contributed by atoms with E-state index in [0.29, 0.717) is 17.2 Å². The van der Waals surface area contributed by atoms with Crippen molar-refractivity contribution in [2.45, 2.75) is 18.9 Å². The van der Waals surface area contributed by atoms with Gasteiger partial charge in [0.05, 0.1) is 5.52 Å². The number of fused-ring (bicyclic) bond motifs is 1. The van der Waals surface area contributed by atoms with Gasteiger partial charge in [-0.2, -0.15) is 0 Å². The molecule has 0 amide bonds. The van der Waals surface area contributed by atoms with Gasteiger partial charge in [-0.3, -0.25) is 0 Å². The molecular formula is C11H10BrFN2. The summed E-state index contributed by atoms with van der Waals surface area (Å²) in [6.07, 6.45) is 2.28. The average Bonchev–Trinajstić information content (AvgIpc) is 2.91. The second-order valence-electron chi connectivity index (χ2n) is 3.99. The van der Waals surface area contributed by atoms with Crippen molar-refractivity contribution in [3.8, 4) is 0 Å². The van der Waals surface area contributed by atoms with Crippen LogP contribution in [0.15, 0.2) is 22.7 Å². The zero-order valence-electron chi connectivity index (χ0n) is 8.00. The molecule has 1 aromatic carbocycles. The largest absolute Gasteiger partial charge is 0.385 e. The first kappa shape index (κ1) is 9.21. The summed E-state index contributed by atoms with van der Waals surface area (Å²) in [6.45, 7) is 0. The molecule has 0 atom stereocenters. The molecule has 2 N–H and O–H groups in total. The van der Waals surface area contributed by atoms with Crippen molar-refractivity contribution in [2.75, 3.05) is 5.73 Å². The summed E-state index contributed by atoms with van der Waals surface area (Å²) in [5.74, 6) is 0.440. The van der Waals surface area contributed by atoms with Crippen LogP contribution < -0.4 is 5.73 Å². The Balaban J connectivity index is 2.38. The van der Waals surface area contributed by atoms with E-state index in [-0.39, 0.29) is 5.82 Å². The molecule has 1 aromatic heterocycles. The van der Waals surface area contributed by atoms with E-state index < -0.39 is 0 Å². The van der Waals surface area contributed by atoms with Crippen LogP contribution in [0.3, 0.4) is 0 Å². The van der Waals surface area contributed by atoms with Crippen molar-refractivity contribution in [1.82, 2.24) is 4.57 Å². The Labute approximate surface area is 95.0 Å². The van der Waals surface area contributed by atoms with Gasteiger partial charge in [0.1, 0.15) is 11.6 Å². The SMILES string of the molecule is Nc1cc2c(F)cc(Br)cc2n1C1CC1. The van der Waals surface area contributed by atoms with Crippen LogP contribution in [0.5, 0.6) is 0 Å². The van der Waals surface area contributed by atoms with Crippen LogP contribution >= 0.6 is 15.9 Å². The summed E-state index contributed by atoms with van der Waals surface area (Å²) in [5, 5.41) is 0.614. The van der Waals surface area contributed by atoms with Crippen LogP contribution in [0.2, 0.25) is 0 Å². The summed E-state index contributed by atoms with van der Waals surface area (Å²) >= 11 is 3.30. The first-order chi connectivity index (χ1) is 7.16. The molecule has 1 aliphatic carbocycles. The average molecular weight is 269 g/mol.